The van der Waals surface area contributed by atoms with E-state index in [0.29, 0.717) is 29.7 Å². The molecule has 1 aliphatic heterocycles. The molecule has 0 saturated carbocycles. The van der Waals surface area contributed by atoms with Crippen LogP contribution in [0.1, 0.15) is 44.1 Å². The number of nitrogens with zero attached hydrogens (tertiary/aromatic N) is 8. The maximum atomic E-state index is 6.45. The summed E-state index contributed by atoms with van der Waals surface area (Å²) in [5.41, 5.74) is 10.1. The van der Waals surface area contributed by atoms with Gasteiger partial charge in [-0.05, 0) is 58.5 Å². The summed E-state index contributed by atoms with van der Waals surface area (Å²) in [4.78, 5) is 19.1. The van der Waals surface area contributed by atoms with Crippen LogP contribution in [0.3, 0.4) is 0 Å². The molecule has 178 valence electrons. The van der Waals surface area contributed by atoms with Crippen molar-refractivity contribution in [2.45, 2.75) is 45.2 Å². The number of rotatable bonds is 6. The van der Waals surface area contributed by atoms with E-state index in [1.165, 1.54) is 0 Å². The number of hydrogen-bond acceptors (Lipinski definition) is 7. The highest BCUT2D eigenvalue weighted by atomic mass is 15.3. The van der Waals surface area contributed by atoms with E-state index in [0.717, 1.165) is 48.7 Å². The van der Waals surface area contributed by atoms with E-state index in [1.54, 1.807) is 6.20 Å². The average molecular weight is 460 g/mol. The van der Waals surface area contributed by atoms with Gasteiger partial charge in [0, 0.05) is 44.0 Å². The van der Waals surface area contributed by atoms with Crippen molar-refractivity contribution in [2.24, 2.45) is 0 Å². The second-order valence-electron chi connectivity index (χ2n) is 9.51. The Hall–Kier alpha value is -3.46. The standard InChI is InChI=1S/C25H33N9/c1-17(2)34-21(16-18-8-5-6-9-20(18)33-13-7-12-27-33)28-22-23(26)29-25(30-24(22)34)32-14-10-19(11-15-32)31(3)4/h5-9,12-13,17,19H,10-11,14-16H2,1-4H3,(H2,26,29,30). The van der Waals surface area contributed by atoms with Crippen LogP contribution in [0.4, 0.5) is 11.8 Å². The molecule has 1 saturated heterocycles. The fraction of sp³-hybridized carbons (Fsp3) is 0.440. The second-order valence-corrected chi connectivity index (χ2v) is 9.51. The molecule has 0 amide bonds. The number of aromatic nitrogens is 6. The van der Waals surface area contributed by atoms with Gasteiger partial charge >= 0.3 is 0 Å². The molecule has 1 aliphatic rings. The smallest absolute Gasteiger partial charge is 0.229 e. The molecule has 0 bridgehead atoms. The van der Waals surface area contributed by atoms with Crippen molar-refractivity contribution in [3.8, 4) is 5.69 Å². The molecule has 4 heterocycles. The Morgan fingerprint density at radius 3 is 2.50 bits per heavy atom. The summed E-state index contributed by atoms with van der Waals surface area (Å²) in [6.45, 7) is 6.16. The minimum Gasteiger partial charge on any atom is -0.382 e. The normalized spacial score (nSPS) is 15.2. The summed E-state index contributed by atoms with van der Waals surface area (Å²) in [6.07, 6.45) is 6.58. The number of nitrogen functional groups attached to an aromatic ring is 1. The van der Waals surface area contributed by atoms with Gasteiger partial charge in [0.1, 0.15) is 5.82 Å². The molecule has 2 N–H and O–H groups in total. The first-order valence-electron chi connectivity index (χ1n) is 12.0. The number of hydrogen-bond donors (Lipinski definition) is 1. The van der Waals surface area contributed by atoms with E-state index in [9.17, 15) is 0 Å². The van der Waals surface area contributed by atoms with Gasteiger partial charge in [0.05, 0.1) is 5.69 Å². The number of piperidine rings is 1. The van der Waals surface area contributed by atoms with Crippen LogP contribution in [0.5, 0.6) is 0 Å². The SMILES string of the molecule is CC(C)n1c(Cc2ccccc2-n2cccn2)nc2c(N)nc(N3CCC(N(C)C)CC3)nc21. The van der Waals surface area contributed by atoms with Crippen molar-refractivity contribution >= 4 is 22.9 Å². The van der Waals surface area contributed by atoms with E-state index in [4.69, 9.17) is 15.7 Å². The second kappa shape index (κ2) is 9.06. The Kier molecular flexibility index (Phi) is 5.95. The number of imidazole rings is 1. The van der Waals surface area contributed by atoms with Gasteiger partial charge in [0.25, 0.3) is 0 Å². The lowest BCUT2D eigenvalue weighted by molar-refractivity contribution is 0.249. The number of nitrogens with two attached hydrogens (primary N) is 1. The third-order valence-electron chi connectivity index (χ3n) is 6.71. The van der Waals surface area contributed by atoms with E-state index < -0.39 is 0 Å². The van der Waals surface area contributed by atoms with Gasteiger partial charge in [0.2, 0.25) is 5.95 Å². The number of anilines is 2. The molecule has 34 heavy (non-hydrogen) atoms. The molecule has 1 fully saturated rings. The number of fused-ring (bicyclic) bond motifs is 1. The Balaban J connectivity index is 1.52. The van der Waals surface area contributed by atoms with Crippen LogP contribution in [-0.4, -0.2) is 67.4 Å². The molecule has 4 aromatic rings. The molecule has 3 aromatic heterocycles. The summed E-state index contributed by atoms with van der Waals surface area (Å²) in [5.74, 6) is 2.07. The van der Waals surface area contributed by atoms with Crippen molar-refractivity contribution < 1.29 is 0 Å². The molecule has 0 atom stereocenters. The molecule has 5 rings (SSSR count). The quantitative estimate of drug-likeness (QED) is 0.473. The first-order valence-corrected chi connectivity index (χ1v) is 12.0. The minimum absolute atomic E-state index is 0.179. The lowest BCUT2D eigenvalue weighted by atomic mass is 10.0. The van der Waals surface area contributed by atoms with Crippen LogP contribution in [0, 0.1) is 0 Å². The predicted octanol–water partition coefficient (Wildman–Crippen LogP) is 3.30. The van der Waals surface area contributed by atoms with Crippen molar-refractivity contribution in [1.29, 1.82) is 0 Å². The Morgan fingerprint density at radius 1 is 1.06 bits per heavy atom. The largest absolute Gasteiger partial charge is 0.382 e. The monoisotopic (exact) mass is 459 g/mol. The molecule has 9 heteroatoms. The van der Waals surface area contributed by atoms with Gasteiger partial charge in [-0.2, -0.15) is 15.1 Å². The van der Waals surface area contributed by atoms with Crippen molar-refractivity contribution in [3.05, 3.63) is 54.1 Å². The average Bonchev–Trinajstić information content (AvgIpc) is 3.48. The Bertz CT molecular complexity index is 1270. The van der Waals surface area contributed by atoms with Crippen LogP contribution < -0.4 is 10.6 Å². The minimum atomic E-state index is 0.179. The highest BCUT2D eigenvalue weighted by Gasteiger charge is 2.25. The maximum Gasteiger partial charge on any atom is 0.229 e. The molecule has 0 unspecified atom stereocenters. The molecule has 0 spiro atoms. The van der Waals surface area contributed by atoms with E-state index in [2.05, 4.69) is 64.5 Å². The summed E-state index contributed by atoms with van der Waals surface area (Å²) >= 11 is 0. The molecule has 9 nitrogen and oxygen atoms in total. The van der Waals surface area contributed by atoms with Crippen molar-refractivity contribution in [1.82, 2.24) is 34.2 Å². The fourth-order valence-electron chi connectivity index (χ4n) is 4.88. The molecular formula is C25H33N9. The molecule has 0 aliphatic carbocycles. The summed E-state index contributed by atoms with van der Waals surface area (Å²) in [7, 11) is 4.29. The Morgan fingerprint density at radius 2 is 1.82 bits per heavy atom. The lowest BCUT2D eigenvalue weighted by Gasteiger charge is -2.35. The zero-order chi connectivity index (χ0) is 23.8. The topological polar surface area (TPSA) is 93.9 Å². The third-order valence-corrected chi connectivity index (χ3v) is 6.71. The number of para-hydroxylation sites is 1. The van der Waals surface area contributed by atoms with Crippen molar-refractivity contribution in [3.63, 3.8) is 0 Å². The molecule has 0 radical (unpaired) electrons. The maximum absolute atomic E-state index is 6.45. The lowest BCUT2D eigenvalue weighted by Crippen LogP contribution is -2.42. The van der Waals surface area contributed by atoms with E-state index in [-0.39, 0.29) is 6.04 Å². The van der Waals surface area contributed by atoms with Crippen LogP contribution in [-0.2, 0) is 6.42 Å². The third kappa shape index (κ3) is 4.11. The van der Waals surface area contributed by atoms with Gasteiger partial charge < -0.3 is 20.1 Å². The molecule has 1 aromatic carbocycles. The first-order chi connectivity index (χ1) is 16.4. The van der Waals surface area contributed by atoms with E-state index >= 15 is 0 Å². The highest BCUT2D eigenvalue weighted by Crippen LogP contribution is 2.29. The van der Waals surface area contributed by atoms with Gasteiger partial charge in [-0.3, -0.25) is 0 Å². The van der Waals surface area contributed by atoms with Gasteiger partial charge in [-0.15, -0.1) is 0 Å². The van der Waals surface area contributed by atoms with Crippen LogP contribution in [0.2, 0.25) is 0 Å². The summed E-state index contributed by atoms with van der Waals surface area (Å²) < 4.78 is 4.09. The number of benzene rings is 1. The van der Waals surface area contributed by atoms with Crippen LogP contribution >= 0.6 is 0 Å². The van der Waals surface area contributed by atoms with Gasteiger partial charge in [0.15, 0.2) is 17.0 Å². The van der Waals surface area contributed by atoms with Crippen LogP contribution in [0.25, 0.3) is 16.9 Å². The Labute approximate surface area is 200 Å². The first kappa shape index (κ1) is 22.3. The zero-order valence-electron chi connectivity index (χ0n) is 20.4. The summed E-state index contributed by atoms with van der Waals surface area (Å²) in [5, 5.41) is 4.42. The van der Waals surface area contributed by atoms with E-state index in [1.807, 2.05) is 29.1 Å². The zero-order valence-corrected chi connectivity index (χ0v) is 20.4. The highest BCUT2D eigenvalue weighted by molar-refractivity contribution is 5.84. The van der Waals surface area contributed by atoms with Crippen molar-refractivity contribution in [2.75, 3.05) is 37.8 Å². The van der Waals surface area contributed by atoms with Crippen LogP contribution in [0.15, 0.2) is 42.7 Å². The van der Waals surface area contributed by atoms with Gasteiger partial charge in [-0.1, -0.05) is 18.2 Å². The summed E-state index contributed by atoms with van der Waals surface area (Å²) in [6, 6.07) is 11.0. The predicted molar refractivity (Wildman–Crippen MR) is 135 cm³/mol. The van der Waals surface area contributed by atoms with Gasteiger partial charge in [-0.25, -0.2) is 9.67 Å². The molecular weight excluding hydrogens is 426 g/mol. The fourth-order valence-corrected chi connectivity index (χ4v) is 4.88.